The lowest BCUT2D eigenvalue weighted by molar-refractivity contribution is 0.512. The first kappa shape index (κ1) is 20.0. The van der Waals surface area contributed by atoms with Crippen molar-refractivity contribution >= 4 is 44.5 Å². The molecule has 1 aliphatic rings. The third kappa shape index (κ3) is 3.12. The summed E-state index contributed by atoms with van der Waals surface area (Å²) in [6, 6.07) is 24.9. The molecule has 0 spiro atoms. The lowest BCUT2D eigenvalue weighted by Gasteiger charge is -2.25. The average Bonchev–Trinajstić information content (AvgIpc) is 3.30. The van der Waals surface area contributed by atoms with Crippen molar-refractivity contribution < 1.29 is 5.11 Å². The van der Waals surface area contributed by atoms with Gasteiger partial charge in [0.1, 0.15) is 16.4 Å². The zero-order chi connectivity index (χ0) is 22.5. The van der Waals surface area contributed by atoms with E-state index in [1.807, 2.05) is 76.7 Å². The fourth-order valence-corrected chi connectivity index (χ4v) is 5.75. The number of aromatic nitrogens is 2. The van der Waals surface area contributed by atoms with Crippen molar-refractivity contribution in [2.24, 2.45) is 0 Å². The molecule has 0 saturated carbocycles. The molecule has 3 aromatic carbocycles. The summed E-state index contributed by atoms with van der Waals surface area (Å²) in [5.74, 6) is 0.456. The molecule has 0 saturated heterocycles. The Labute approximate surface area is 198 Å². The van der Waals surface area contributed by atoms with Gasteiger partial charge in [0.25, 0.3) is 5.56 Å². The van der Waals surface area contributed by atoms with Gasteiger partial charge in [-0.05, 0) is 28.8 Å². The molecule has 0 unspecified atom stereocenters. The summed E-state index contributed by atoms with van der Waals surface area (Å²) < 4.78 is 2.03. The van der Waals surface area contributed by atoms with Gasteiger partial charge in [-0.2, -0.15) is 4.98 Å². The van der Waals surface area contributed by atoms with Crippen LogP contribution < -0.4 is 5.56 Å². The number of halogens is 1. The highest BCUT2D eigenvalue weighted by molar-refractivity contribution is 7.17. The van der Waals surface area contributed by atoms with Crippen LogP contribution in [-0.2, 0) is 6.54 Å². The van der Waals surface area contributed by atoms with E-state index in [4.69, 9.17) is 11.6 Å². The van der Waals surface area contributed by atoms with E-state index < -0.39 is 0 Å². The van der Waals surface area contributed by atoms with Crippen LogP contribution >= 0.6 is 22.9 Å². The Morgan fingerprint density at radius 2 is 1.67 bits per heavy atom. The SMILES string of the molecule is O=c1nc2n(c3scc(-c4ccccc4)c13)Cc1ccccc1/C2=C(\O)c1ccccc1Cl. The van der Waals surface area contributed by atoms with Crippen LogP contribution in [0.3, 0.4) is 0 Å². The molecule has 0 aliphatic carbocycles. The first-order valence-corrected chi connectivity index (χ1v) is 11.7. The average molecular weight is 469 g/mol. The molecule has 0 fully saturated rings. The maximum Gasteiger partial charge on any atom is 0.282 e. The molecule has 1 N–H and O–H groups in total. The summed E-state index contributed by atoms with van der Waals surface area (Å²) in [6.07, 6.45) is 0. The predicted octanol–water partition coefficient (Wildman–Crippen LogP) is 6.61. The Hall–Kier alpha value is -3.67. The van der Waals surface area contributed by atoms with E-state index in [0.29, 0.717) is 33.9 Å². The van der Waals surface area contributed by atoms with Crippen molar-refractivity contribution in [1.29, 1.82) is 0 Å². The quantitative estimate of drug-likeness (QED) is 0.291. The fraction of sp³-hybridized carbons (Fsp3) is 0.0370. The highest BCUT2D eigenvalue weighted by atomic mass is 35.5. The monoisotopic (exact) mass is 468 g/mol. The Kier molecular flexibility index (Phi) is 4.68. The standard InChI is InChI=1S/C27H17ClN2O2S/c28-21-13-7-6-12-19(21)24(31)22-18-11-5-4-10-17(18)14-30-25(22)29-26(32)23-20(15-33-27(23)30)16-8-2-1-3-9-16/h1-13,15,31H,14H2/b24-22+. The summed E-state index contributed by atoms with van der Waals surface area (Å²) in [5.41, 5.74) is 4.46. The van der Waals surface area contributed by atoms with Crippen LogP contribution in [0.1, 0.15) is 22.5 Å². The zero-order valence-electron chi connectivity index (χ0n) is 17.3. The molecule has 6 rings (SSSR count). The maximum absolute atomic E-state index is 13.3. The van der Waals surface area contributed by atoms with Crippen molar-refractivity contribution in [1.82, 2.24) is 9.55 Å². The van der Waals surface area contributed by atoms with Gasteiger partial charge in [-0.15, -0.1) is 11.3 Å². The van der Waals surface area contributed by atoms with Gasteiger partial charge in [-0.3, -0.25) is 4.79 Å². The fourth-order valence-electron chi connectivity index (χ4n) is 4.44. The van der Waals surface area contributed by atoms with E-state index in [1.165, 1.54) is 11.3 Å². The molecule has 0 radical (unpaired) electrons. The van der Waals surface area contributed by atoms with Gasteiger partial charge < -0.3 is 9.67 Å². The molecule has 0 atom stereocenters. The number of hydrogen-bond acceptors (Lipinski definition) is 4. The summed E-state index contributed by atoms with van der Waals surface area (Å²) >= 11 is 7.93. The molecule has 4 nitrogen and oxygen atoms in total. The molecule has 6 heteroatoms. The lowest BCUT2D eigenvalue weighted by atomic mass is 9.92. The second-order valence-electron chi connectivity index (χ2n) is 7.88. The number of benzene rings is 3. The number of aliphatic hydroxyl groups is 1. The van der Waals surface area contributed by atoms with Gasteiger partial charge in [0.2, 0.25) is 0 Å². The van der Waals surface area contributed by atoms with Gasteiger partial charge in [0, 0.05) is 16.5 Å². The third-order valence-corrected chi connectivity index (χ3v) is 7.31. The van der Waals surface area contributed by atoms with Gasteiger partial charge in [0.15, 0.2) is 0 Å². The van der Waals surface area contributed by atoms with Gasteiger partial charge in [-0.25, -0.2) is 0 Å². The Bertz CT molecular complexity index is 1630. The second-order valence-corrected chi connectivity index (χ2v) is 9.15. The van der Waals surface area contributed by atoms with E-state index in [2.05, 4.69) is 4.98 Å². The topological polar surface area (TPSA) is 55.1 Å². The zero-order valence-corrected chi connectivity index (χ0v) is 18.9. The number of rotatable bonds is 2. The Balaban J connectivity index is 1.69. The molecule has 0 amide bonds. The van der Waals surface area contributed by atoms with Crippen molar-refractivity contribution in [3.05, 3.63) is 122 Å². The van der Waals surface area contributed by atoms with E-state index in [0.717, 1.165) is 27.1 Å². The molecule has 2 aromatic heterocycles. The first-order chi connectivity index (χ1) is 16.1. The van der Waals surface area contributed by atoms with Crippen molar-refractivity contribution in [2.45, 2.75) is 6.54 Å². The van der Waals surface area contributed by atoms with E-state index in [-0.39, 0.29) is 11.3 Å². The summed E-state index contributed by atoms with van der Waals surface area (Å²) in [7, 11) is 0. The highest BCUT2D eigenvalue weighted by Crippen LogP contribution is 2.40. The van der Waals surface area contributed by atoms with Crippen LogP contribution in [0.2, 0.25) is 5.02 Å². The van der Waals surface area contributed by atoms with Crippen LogP contribution in [0, 0.1) is 0 Å². The van der Waals surface area contributed by atoms with Crippen LogP contribution in [0.5, 0.6) is 0 Å². The van der Waals surface area contributed by atoms with Crippen LogP contribution in [0.4, 0.5) is 0 Å². The normalized spacial score (nSPS) is 14.1. The molecule has 3 heterocycles. The molecule has 5 aromatic rings. The number of aliphatic hydroxyl groups excluding tert-OH is 1. The van der Waals surface area contributed by atoms with Gasteiger partial charge in [-0.1, -0.05) is 78.3 Å². The Morgan fingerprint density at radius 3 is 2.48 bits per heavy atom. The largest absolute Gasteiger partial charge is 0.506 e. The van der Waals surface area contributed by atoms with E-state index >= 15 is 0 Å². The van der Waals surface area contributed by atoms with Gasteiger partial charge in [0.05, 0.1) is 22.5 Å². The minimum Gasteiger partial charge on any atom is -0.506 e. The minimum absolute atomic E-state index is 0.00703. The smallest absolute Gasteiger partial charge is 0.282 e. The van der Waals surface area contributed by atoms with Crippen molar-refractivity contribution in [3.63, 3.8) is 0 Å². The minimum atomic E-state index is -0.305. The number of hydrogen-bond donors (Lipinski definition) is 1. The highest BCUT2D eigenvalue weighted by Gasteiger charge is 2.28. The molecule has 160 valence electrons. The third-order valence-electron chi connectivity index (χ3n) is 5.98. The number of nitrogens with zero attached hydrogens (tertiary/aromatic N) is 2. The summed E-state index contributed by atoms with van der Waals surface area (Å²) in [4.78, 5) is 18.7. The summed E-state index contributed by atoms with van der Waals surface area (Å²) in [6.45, 7) is 0.559. The van der Waals surface area contributed by atoms with E-state index in [9.17, 15) is 9.90 Å². The van der Waals surface area contributed by atoms with Gasteiger partial charge >= 0.3 is 0 Å². The first-order valence-electron chi connectivity index (χ1n) is 10.5. The Morgan fingerprint density at radius 1 is 0.939 bits per heavy atom. The number of thiophene rings is 1. The predicted molar refractivity (Wildman–Crippen MR) is 135 cm³/mol. The lowest BCUT2D eigenvalue weighted by Crippen LogP contribution is -2.23. The summed E-state index contributed by atoms with van der Waals surface area (Å²) in [5, 5.41) is 14.5. The molecular weight excluding hydrogens is 452 g/mol. The van der Waals surface area contributed by atoms with Crippen molar-refractivity contribution in [3.8, 4) is 11.1 Å². The van der Waals surface area contributed by atoms with Crippen LogP contribution in [0.25, 0.3) is 32.7 Å². The molecular formula is C27H17ClN2O2S. The van der Waals surface area contributed by atoms with Crippen LogP contribution in [0.15, 0.2) is 89.0 Å². The number of fused-ring (bicyclic) bond motifs is 4. The molecule has 1 aliphatic heterocycles. The van der Waals surface area contributed by atoms with Crippen molar-refractivity contribution in [2.75, 3.05) is 0 Å². The maximum atomic E-state index is 13.3. The second kappa shape index (κ2) is 7.73. The molecule has 33 heavy (non-hydrogen) atoms. The van der Waals surface area contributed by atoms with E-state index in [1.54, 1.807) is 12.1 Å². The molecule has 0 bridgehead atoms. The van der Waals surface area contributed by atoms with Crippen LogP contribution in [-0.4, -0.2) is 14.7 Å².